The molecule has 0 aliphatic carbocycles. The highest BCUT2D eigenvalue weighted by Crippen LogP contribution is 1.91. The third kappa shape index (κ3) is 32.3. The van der Waals surface area contributed by atoms with Gasteiger partial charge in [-0.25, -0.2) is 4.79 Å². The van der Waals surface area contributed by atoms with Gasteiger partial charge in [0.15, 0.2) is 0 Å². The predicted molar refractivity (Wildman–Crippen MR) is 84.7 cm³/mol. The average molecular weight is 323 g/mol. The highest BCUT2D eigenvalue weighted by atomic mass is 28.3. The average Bonchev–Trinajstić information content (AvgIpc) is 2.42. The second-order valence-corrected chi connectivity index (χ2v) is 4.45. The molecular formula is C13H29NO6Si. The standard InChI is InChI=1S/C6H16O3Si.C4H6O.C3H7NO2/c1-4-7-10(8-5-2)9-6-3;1-3-5-4-2;1-2-6-3(4)5/h10H,4-6H2,1-3H3;3-4H,1-2H2;2H2,1H3,(H2,4,5). The van der Waals surface area contributed by atoms with E-state index in [1.54, 1.807) is 6.92 Å². The van der Waals surface area contributed by atoms with Gasteiger partial charge < -0.3 is 28.5 Å². The summed E-state index contributed by atoms with van der Waals surface area (Å²) in [7, 11) is -1.73. The number of hydrogen-bond donors (Lipinski definition) is 1. The summed E-state index contributed by atoms with van der Waals surface area (Å²) >= 11 is 0. The second-order valence-electron chi connectivity index (χ2n) is 2.88. The Balaban J connectivity index is -0.000000252. The number of nitrogens with two attached hydrogens (primary N) is 1. The van der Waals surface area contributed by atoms with Crippen LogP contribution in [0.4, 0.5) is 4.79 Å². The molecular weight excluding hydrogens is 294 g/mol. The summed E-state index contributed by atoms with van der Waals surface area (Å²) in [4.78, 5) is 9.60. The topological polar surface area (TPSA) is 89.2 Å². The Morgan fingerprint density at radius 2 is 1.33 bits per heavy atom. The molecule has 7 nitrogen and oxygen atoms in total. The van der Waals surface area contributed by atoms with Crippen molar-refractivity contribution < 1.29 is 27.5 Å². The summed E-state index contributed by atoms with van der Waals surface area (Å²) in [6.45, 7) is 16.4. The number of carbonyl (C=O) groups is 1. The van der Waals surface area contributed by atoms with Crippen molar-refractivity contribution in [3.63, 3.8) is 0 Å². The van der Waals surface area contributed by atoms with Crippen LogP contribution in [0.2, 0.25) is 0 Å². The van der Waals surface area contributed by atoms with Gasteiger partial charge >= 0.3 is 15.6 Å². The van der Waals surface area contributed by atoms with E-state index in [2.05, 4.69) is 28.4 Å². The molecule has 0 atom stereocenters. The molecule has 0 aromatic carbocycles. The molecule has 0 bridgehead atoms. The number of carbonyl (C=O) groups excluding carboxylic acids is 1. The summed E-state index contributed by atoms with van der Waals surface area (Å²) in [6.07, 6.45) is 1.91. The van der Waals surface area contributed by atoms with Gasteiger partial charge in [-0.3, -0.25) is 0 Å². The highest BCUT2D eigenvalue weighted by molar-refractivity contribution is 6.36. The molecule has 0 aliphatic heterocycles. The zero-order valence-corrected chi connectivity index (χ0v) is 14.7. The molecule has 0 aliphatic rings. The third-order valence-corrected chi connectivity index (χ3v) is 3.20. The Labute approximate surface area is 129 Å². The van der Waals surface area contributed by atoms with Crippen LogP contribution in [-0.4, -0.2) is 42.0 Å². The van der Waals surface area contributed by atoms with E-state index in [1.807, 2.05) is 20.8 Å². The fraction of sp³-hybridized carbons (Fsp3) is 0.615. The van der Waals surface area contributed by atoms with Gasteiger partial charge in [0.2, 0.25) is 0 Å². The summed E-state index contributed by atoms with van der Waals surface area (Å²) in [5.41, 5.74) is 4.54. The minimum Gasteiger partial charge on any atom is -0.474 e. The number of primary amides is 1. The Bertz CT molecular complexity index is 220. The van der Waals surface area contributed by atoms with Crippen LogP contribution in [0.15, 0.2) is 25.7 Å². The molecule has 0 aromatic rings. The van der Waals surface area contributed by atoms with Crippen LogP contribution in [0.25, 0.3) is 0 Å². The highest BCUT2D eigenvalue weighted by Gasteiger charge is 2.11. The Morgan fingerprint density at radius 3 is 1.43 bits per heavy atom. The van der Waals surface area contributed by atoms with E-state index < -0.39 is 15.6 Å². The van der Waals surface area contributed by atoms with E-state index in [0.29, 0.717) is 26.4 Å². The van der Waals surface area contributed by atoms with Gasteiger partial charge in [0.1, 0.15) is 0 Å². The van der Waals surface area contributed by atoms with Gasteiger partial charge in [-0.2, -0.15) is 0 Å². The molecule has 0 rings (SSSR count). The molecule has 0 aromatic heterocycles. The molecule has 0 spiro atoms. The third-order valence-electron chi connectivity index (χ3n) is 1.39. The van der Waals surface area contributed by atoms with Crippen LogP contribution < -0.4 is 5.73 Å². The van der Waals surface area contributed by atoms with Crippen molar-refractivity contribution in [3.8, 4) is 0 Å². The van der Waals surface area contributed by atoms with Crippen molar-refractivity contribution >= 4 is 15.6 Å². The SMILES string of the molecule is C=COC=C.CCOC(N)=O.CCO[SiH](OCC)OCC. The first-order valence-electron chi connectivity index (χ1n) is 6.68. The van der Waals surface area contributed by atoms with Crippen molar-refractivity contribution in [2.45, 2.75) is 27.7 Å². The second kappa shape index (κ2) is 23.7. The van der Waals surface area contributed by atoms with Crippen LogP contribution in [0, 0.1) is 0 Å². The van der Waals surface area contributed by atoms with Crippen LogP contribution in [0.1, 0.15) is 27.7 Å². The maximum Gasteiger partial charge on any atom is 0.484 e. The van der Waals surface area contributed by atoms with E-state index in [-0.39, 0.29) is 0 Å². The van der Waals surface area contributed by atoms with E-state index in [9.17, 15) is 4.79 Å². The molecule has 0 unspecified atom stereocenters. The monoisotopic (exact) mass is 323 g/mol. The molecule has 21 heavy (non-hydrogen) atoms. The van der Waals surface area contributed by atoms with Crippen LogP contribution in [0.3, 0.4) is 0 Å². The smallest absolute Gasteiger partial charge is 0.474 e. The minimum absolute atomic E-state index is 0.356. The number of ether oxygens (including phenoxy) is 2. The molecule has 0 saturated heterocycles. The van der Waals surface area contributed by atoms with Gasteiger partial charge in [0.25, 0.3) is 0 Å². The summed E-state index contributed by atoms with van der Waals surface area (Å²) in [5.74, 6) is 0. The fourth-order valence-electron chi connectivity index (χ4n) is 0.763. The van der Waals surface area contributed by atoms with E-state index in [4.69, 9.17) is 13.3 Å². The maximum atomic E-state index is 9.60. The first-order chi connectivity index (χ1) is 10.0. The first kappa shape index (κ1) is 24.7. The lowest BCUT2D eigenvalue weighted by molar-refractivity contribution is 0.107. The largest absolute Gasteiger partial charge is 0.484 e. The minimum atomic E-state index is -1.73. The molecule has 0 radical (unpaired) electrons. The van der Waals surface area contributed by atoms with Crippen LogP contribution in [0.5, 0.6) is 0 Å². The lowest BCUT2D eigenvalue weighted by Crippen LogP contribution is -2.27. The zero-order chi connectivity index (χ0) is 16.9. The first-order valence-corrected chi connectivity index (χ1v) is 8.09. The van der Waals surface area contributed by atoms with Gasteiger partial charge in [-0.05, 0) is 27.7 Å². The van der Waals surface area contributed by atoms with Crippen molar-refractivity contribution in [3.05, 3.63) is 25.7 Å². The van der Waals surface area contributed by atoms with E-state index in [0.717, 1.165) is 0 Å². The van der Waals surface area contributed by atoms with Gasteiger partial charge in [0.05, 0.1) is 19.1 Å². The molecule has 0 heterocycles. The lowest BCUT2D eigenvalue weighted by atomic mass is 10.9. The van der Waals surface area contributed by atoms with Crippen LogP contribution >= 0.6 is 0 Å². The molecule has 126 valence electrons. The zero-order valence-electron chi connectivity index (χ0n) is 13.5. The number of amides is 1. The fourth-order valence-corrected chi connectivity index (χ4v) is 1.87. The van der Waals surface area contributed by atoms with Gasteiger partial charge in [-0.15, -0.1) is 0 Å². The van der Waals surface area contributed by atoms with Crippen LogP contribution in [-0.2, 0) is 22.8 Å². The number of rotatable bonds is 9. The summed E-state index contributed by atoms with van der Waals surface area (Å²) < 4.78 is 24.2. The van der Waals surface area contributed by atoms with E-state index in [1.165, 1.54) is 12.5 Å². The maximum absolute atomic E-state index is 9.60. The molecule has 0 fully saturated rings. The van der Waals surface area contributed by atoms with Gasteiger partial charge in [-0.1, -0.05) is 13.2 Å². The normalized spacial score (nSPS) is 8.62. The van der Waals surface area contributed by atoms with Crippen molar-refractivity contribution in [1.82, 2.24) is 0 Å². The molecule has 8 heteroatoms. The molecule has 2 N–H and O–H groups in total. The van der Waals surface area contributed by atoms with Crippen molar-refractivity contribution in [1.29, 1.82) is 0 Å². The Hall–Kier alpha value is -1.35. The number of hydrogen-bond acceptors (Lipinski definition) is 6. The predicted octanol–water partition coefficient (Wildman–Crippen LogP) is 2.20. The lowest BCUT2D eigenvalue weighted by Gasteiger charge is -2.12. The Kier molecular flexibility index (Phi) is 27.8. The van der Waals surface area contributed by atoms with E-state index >= 15 is 0 Å². The van der Waals surface area contributed by atoms with Crippen molar-refractivity contribution in [2.24, 2.45) is 5.73 Å². The quantitative estimate of drug-likeness (QED) is 0.517. The molecule has 1 amide bonds. The molecule has 0 saturated carbocycles. The summed E-state index contributed by atoms with van der Waals surface area (Å²) in [5, 5.41) is 0. The summed E-state index contributed by atoms with van der Waals surface area (Å²) in [6, 6.07) is 0. The Morgan fingerprint density at radius 1 is 0.952 bits per heavy atom. The van der Waals surface area contributed by atoms with Crippen molar-refractivity contribution in [2.75, 3.05) is 26.4 Å². The van der Waals surface area contributed by atoms with Gasteiger partial charge in [0, 0.05) is 19.8 Å².